The third-order valence-corrected chi connectivity index (χ3v) is 3.13. The number of anilines is 2. The summed E-state index contributed by atoms with van der Waals surface area (Å²) in [4.78, 5) is 10.4. The summed E-state index contributed by atoms with van der Waals surface area (Å²) in [5, 5.41) is 11.9. The van der Waals surface area contributed by atoms with Crippen LogP contribution in [0, 0.1) is 17.2 Å². The van der Waals surface area contributed by atoms with E-state index >= 15 is 0 Å². The standard InChI is InChI=1S/C11H16BrN5/c1-4-17(6-8(2)5-13)11-9(12)10(14-3)15-7-16-11/h7-8H,4,6H2,1-3H3,(H,14,15,16). The van der Waals surface area contributed by atoms with Gasteiger partial charge < -0.3 is 10.2 Å². The number of halogens is 1. The first-order valence-corrected chi connectivity index (χ1v) is 6.26. The molecule has 0 fully saturated rings. The molecule has 6 heteroatoms. The fourth-order valence-electron chi connectivity index (χ4n) is 1.49. The Morgan fingerprint density at radius 1 is 1.59 bits per heavy atom. The van der Waals surface area contributed by atoms with E-state index in [4.69, 9.17) is 5.26 Å². The van der Waals surface area contributed by atoms with E-state index in [2.05, 4.69) is 42.2 Å². The van der Waals surface area contributed by atoms with E-state index in [1.165, 1.54) is 6.33 Å². The predicted molar refractivity (Wildman–Crippen MR) is 71.9 cm³/mol. The SMILES string of the molecule is CCN(CC(C)C#N)c1ncnc(NC)c1Br. The first-order valence-electron chi connectivity index (χ1n) is 5.46. The lowest BCUT2D eigenvalue weighted by Gasteiger charge is -2.24. The van der Waals surface area contributed by atoms with Gasteiger partial charge in [-0.2, -0.15) is 5.26 Å². The van der Waals surface area contributed by atoms with Crippen molar-refractivity contribution in [1.29, 1.82) is 5.26 Å². The molecule has 92 valence electrons. The molecule has 0 bridgehead atoms. The normalized spacial score (nSPS) is 11.7. The molecular weight excluding hydrogens is 282 g/mol. The zero-order valence-electron chi connectivity index (χ0n) is 10.2. The molecule has 1 heterocycles. The van der Waals surface area contributed by atoms with Crippen LogP contribution in [0.4, 0.5) is 11.6 Å². The molecule has 0 saturated heterocycles. The van der Waals surface area contributed by atoms with Crippen LogP contribution >= 0.6 is 15.9 Å². The zero-order valence-corrected chi connectivity index (χ0v) is 11.8. The number of nitriles is 1. The van der Waals surface area contributed by atoms with Gasteiger partial charge in [0.2, 0.25) is 0 Å². The maximum Gasteiger partial charge on any atom is 0.148 e. The van der Waals surface area contributed by atoms with Crippen molar-refractivity contribution < 1.29 is 0 Å². The van der Waals surface area contributed by atoms with Gasteiger partial charge in [-0.1, -0.05) is 0 Å². The van der Waals surface area contributed by atoms with Gasteiger partial charge in [-0.3, -0.25) is 0 Å². The maximum atomic E-state index is 8.86. The van der Waals surface area contributed by atoms with Crippen molar-refractivity contribution in [1.82, 2.24) is 9.97 Å². The van der Waals surface area contributed by atoms with E-state index in [-0.39, 0.29) is 5.92 Å². The van der Waals surface area contributed by atoms with Crippen molar-refractivity contribution in [2.24, 2.45) is 5.92 Å². The number of hydrogen-bond acceptors (Lipinski definition) is 5. The van der Waals surface area contributed by atoms with Crippen molar-refractivity contribution in [3.05, 3.63) is 10.8 Å². The number of hydrogen-bond donors (Lipinski definition) is 1. The minimum Gasteiger partial charge on any atom is -0.372 e. The first kappa shape index (κ1) is 13.7. The van der Waals surface area contributed by atoms with E-state index in [1.54, 1.807) is 0 Å². The second-order valence-electron chi connectivity index (χ2n) is 3.68. The van der Waals surface area contributed by atoms with Gasteiger partial charge in [-0.25, -0.2) is 9.97 Å². The Morgan fingerprint density at radius 3 is 2.82 bits per heavy atom. The molecule has 0 radical (unpaired) electrons. The van der Waals surface area contributed by atoms with Crippen molar-refractivity contribution in [3.8, 4) is 6.07 Å². The summed E-state index contributed by atoms with van der Waals surface area (Å²) < 4.78 is 0.828. The van der Waals surface area contributed by atoms with Crippen LogP contribution in [0.2, 0.25) is 0 Å². The first-order chi connectivity index (χ1) is 8.13. The predicted octanol–water partition coefficient (Wildman–Crippen LogP) is 2.27. The molecule has 0 aliphatic rings. The molecule has 0 aliphatic carbocycles. The molecule has 0 amide bonds. The number of nitrogens with one attached hydrogen (secondary N) is 1. The Labute approximate surface area is 110 Å². The molecule has 0 spiro atoms. The van der Waals surface area contributed by atoms with E-state index in [9.17, 15) is 0 Å². The minimum absolute atomic E-state index is 0.0325. The Bertz CT molecular complexity index is 415. The highest BCUT2D eigenvalue weighted by Crippen LogP contribution is 2.29. The van der Waals surface area contributed by atoms with Gasteiger partial charge in [0.05, 0.1) is 12.0 Å². The van der Waals surface area contributed by atoms with Gasteiger partial charge in [0.15, 0.2) is 0 Å². The highest BCUT2D eigenvalue weighted by molar-refractivity contribution is 9.10. The van der Waals surface area contributed by atoms with E-state index in [0.717, 1.165) is 22.7 Å². The Hall–Kier alpha value is -1.35. The summed E-state index contributed by atoms with van der Waals surface area (Å²) in [7, 11) is 1.81. The lowest BCUT2D eigenvalue weighted by Crippen LogP contribution is -2.29. The summed E-state index contributed by atoms with van der Waals surface area (Å²) in [6.07, 6.45) is 1.52. The van der Waals surface area contributed by atoms with Gasteiger partial charge in [0.25, 0.3) is 0 Å². The Morgan fingerprint density at radius 2 is 2.29 bits per heavy atom. The quantitative estimate of drug-likeness (QED) is 0.903. The van der Waals surface area contributed by atoms with Crippen molar-refractivity contribution in [2.75, 3.05) is 30.4 Å². The van der Waals surface area contributed by atoms with Crippen LogP contribution in [0.15, 0.2) is 10.8 Å². The molecule has 17 heavy (non-hydrogen) atoms. The second-order valence-corrected chi connectivity index (χ2v) is 4.47. The molecule has 5 nitrogen and oxygen atoms in total. The van der Waals surface area contributed by atoms with Crippen LogP contribution in [0.5, 0.6) is 0 Å². The van der Waals surface area contributed by atoms with Gasteiger partial charge in [0, 0.05) is 20.1 Å². The minimum atomic E-state index is -0.0325. The molecule has 1 atom stereocenters. The molecule has 0 saturated carbocycles. The monoisotopic (exact) mass is 297 g/mol. The zero-order chi connectivity index (χ0) is 12.8. The largest absolute Gasteiger partial charge is 0.372 e. The van der Waals surface area contributed by atoms with E-state index < -0.39 is 0 Å². The van der Waals surface area contributed by atoms with Crippen molar-refractivity contribution in [2.45, 2.75) is 13.8 Å². The number of nitrogens with zero attached hydrogens (tertiary/aromatic N) is 4. The topological polar surface area (TPSA) is 64.8 Å². The number of rotatable bonds is 5. The van der Waals surface area contributed by atoms with Crippen LogP contribution in [0.25, 0.3) is 0 Å². The summed E-state index contributed by atoms with van der Waals surface area (Å²) in [5.41, 5.74) is 0. The van der Waals surface area contributed by atoms with Gasteiger partial charge in [-0.05, 0) is 29.8 Å². The van der Waals surface area contributed by atoms with E-state index in [1.807, 2.05) is 20.9 Å². The average Bonchev–Trinajstić information content (AvgIpc) is 2.36. The van der Waals surface area contributed by atoms with Gasteiger partial charge >= 0.3 is 0 Å². The summed E-state index contributed by atoms with van der Waals surface area (Å²) in [6.45, 7) is 5.39. The second kappa shape index (κ2) is 6.40. The fraction of sp³-hybridized carbons (Fsp3) is 0.545. The van der Waals surface area contributed by atoms with E-state index in [0.29, 0.717) is 6.54 Å². The molecule has 1 aromatic rings. The van der Waals surface area contributed by atoms with Crippen molar-refractivity contribution in [3.63, 3.8) is 0 Å². The summed E-state index contributed by atoms with van der Waals surface area (Å²) >= 11 is 3.48. The number of aromatic nitrogens is 2. The summed E-state index contributed by atoms with van der Waals surface area (Å²) in [6, 6.07) is 2.23. The van der Waals surface area contributed by atoms with Gasteiger partial charge in [0.1, 0.15) is 22.4 Å². The maximum absolute atomic E-state index is 8.86. The van der Waals surface area contributed by atoms with Crippen LogP contribution in [-0.4, -0.2) is 30.1 Å². The lowest BCUT2D eigenvalue weighted by atomic mass is 10.2. The van der Waals surface area contributed by atoms with Crippen LogP contribution in [0.1, 0.15) is 13.8 Å². The Kier molecular flexibility index (Phi) is 5.16. The van der Waals surface area contributed by atoms with Crippen molar-refractivity contribution >= 4 is 27.6 Å². The summed E-state index contributed by atoms with van der Waals surface area (Å²) in [5.74, 6) is 1.53. The molecule has 0 aromatic carbocycles. The fourth-order valence-corrected chi connectivity index (χ4v) is 2.15. The third-order valence-electron chi connectivity index (χ3n) is 2.40. The Balaban J connectivity index is 3.00. The smallest absolute Gasteiger partial charge is 0.148 e. The molecule has 0 aliphatic heterocycles. The highest BCUT2D eigenvalue weighted by Gasteiger charge is 2.15. The average molecular weight is 298 g/mol. The molecule has 1 unspecified atom stereocenters. The van der Waals surface area contributed by atoms with Crippen LogP contribution < -0.4 is 10.2 Å². The lowest BCUT2D eigenvalue weighted by molar-refractivity contribution is 0.677. The van der Waals surface area contributed by atoms with Gasteiger partial charge in [-0.15, -0.1) is 0 Å². The van der Waals surface area contributed by atoms with Crippen LogP contribution in [-0.2, 0) is 0 Å². The molecule has 1 rings (SSSR count). The molecule has 1 N–H and O–H groups in total. The van der Waals surface area contributed by atoms with Crippen LogP contribution in [0.3, 0.4) is 0 Å². The molecule has 1 aromatic heterocycles. The molecular formula is C11H16BrN5. The highest BCUT2D eigenvalue weighted by atomic mass is 79.9. The third kappa shape index (κ3) is 3.30.